The second-order valence-electron chi connectivity index (χ2n) is 2.49. The van der Waals surface area contributed by atoms with Crippen LogP contribution in [-0.2, 0) is 6.18 Å². The average molecular weight is 357 g/mol. The van der Waals surface area contributed by atoms with Crippen molar-refractivity contribution in [1.29, 1.82) is 0 Å². The summed E-state index contributed by atoms with van der Waals surface area (Å²) in [5.74, 6) is 0. The van der Waals surface area contributed by atoms with Gasteiger partial charge in [-0.2, -0.15) is 13.2 Å². The first kappa shape index (κ1) is 12.9. The van der Waals surface area contributed by atoms with E-state index in [1.165, 1.54) is 22.6 Å². The largest absolute Gasteiger partial charge is 0.418 e. The second-order valence-corrected chi connectivity index (χ2v) is 3.93. The van der Waals surface area contributed by atoms with Crippen molar-refractivity contribution in [2.75, 3.05) is 0 Å². The third-order valence-electron chi connectivity index (χ3n) is 1.52. The van der Waals surface area contributed by atoms with Gasteiger partial charge in [0.05, 0.1) is 9.13 Å². The van der Waals surface area contributed by atoms with Crippen molar-refractivity contribution in [3.8, 4) is 0 Å². The molecule has 8 heteroatoms. The first-order valence-electron chi connectivity index (χ1n) is 3.44. The Kier molecular flexibility index (Phi) is 3.75. The lowest BCUT2D eigenvalue weighted by molar-refractivity contribution is -0.140. The highest BCUT2D eigenvalue weighted by Gasteiger charge is 2.39. The van der Waals surface area contributed by atoms with Gasteiger partial charge in [-0.1, -0.05) is 11.6 Å². The Morgan fingerprint density at radius 3 is 2.27 bits per heavy atom. The molecule has 15 heavy (non-hydrogen) atoms. The zero-order valence-corrected chi connectivity index (χ0v) is 9.66. The molecule has 0 aliphatic carbocycles. The van der Waals surface area contributed by atoms with Gasteiger partial charge in [0.1, 0.15) is 5.15 Å². The summed E-state index contributed by atoms with van der Waals surface area (Å²) in [6, 6.07) is 0. The molecule has 0 spiro atoms. The van der Waals surface area contributed by atoms with Crippen LogP contribution in [0.25, 0.3) is 0 Å². The topological polar surface area (TPSA) is 12.9 Å². The maximum absolute atomic E-state index is 12.4. The highest BCUT2D eigenvalue weighted by atomic mass is 127. The second kappa shape index (κ2) is 4.36. The predicted molar refractivity (Wildman–Crippen MR) is 51.9 cm³/mol. The normalized spacial score (nSPS) is 12.3. The van der Waals surface area contributed by atoms with E-state index in [-0.39, 0.29) is 0 Å². The summed E-state index contributed by atoms with van der Waals surface area (Å²) >= 11 is 6.57. The molecule has 1 heterocycles. The fourth-order valence-corrected chi connectivity index (χ4v) is 1.83. The third-order valence-corrected chi connectivity index (χ3v) is 3.18. The molecule has 0 aliphatic heterocycles. The van der Waals surface area contributed by atoms with E-state index < -0.39 is 32.5 Å². The molecule has 0 N–H and O–H groups in total. The molecule has 84 valence electrons. The third kappa shape index (κ3) is 2.68. The molecule has 0 aliphatic rings. The number of alkyl halides is 5. The summed E-state index contributed by atoms with van der Waals surface area (Å²) in [6.45, 7) is 0. The van der Waals surface area contributed by atoms with Crippen LogP contribution in [0.2, 0.25) is 5.15 Å². The molecule has 1 aromatic heterocycles. The van der Waals surface area contributed by atoms with Crippen LogP contribution in [0.5, 0.6) is 0 Å². The summed E-state index contributed by atoms with van der Waals surface area (Å²) in [6.07, 6.45) is -7.66. The summed E-state index contributed by atoms with van der Waals surface area (Å²) in [7, 11) is 0. The first-order chi connectivity index (χ1) is 6.75. The van der Waals surface area contributed by atoms with Gasteiger partial charge in [0.2, 0.25) is 0 Å². The van der Waals surface area contributed by atoms with E-state index >= 15 is 0 Å². The average Bonchev–Trinajstić information content (AvgIpc) is 2.06. The number of aromatic nitrogens is 1. The van der Waals surface area contributed by atoms with Crippen LogP contribution in [0, 0.1) is 3.57 Å². The Morgan fingerprint density at radius 2 is 1.87 bits per heavy atom. The van der Waals surface area contributed by atoms with Crippen molar-refractivity contribution < 1.29 is 22.0 Å². The maximum Gasteiger partial charge on any atom is 0.418 e. The van der Waals surface area contributed by atoms with E-state index in [1.807, 2.05) is 0 Å². The van der Waals surface area contributed by atoms with Gasteiger partial charge in [-0.15, -0.1) is 0 Å². The van der Waals surface area contributed by atoms with Gasteiger partial charge in [-0.05, 0) is 22.6 Å². The molecule has 0 aromatic carbocycles. The molecule has 0 bridgehead atoms. The van der Waals surface area contributed by atoms with Crippen LogP contribution in [0.15, 0.2) is 6.20 Å². The van der Waals surface area contributed by atoms with Gasteiger partial charge < -0.3 is 0 Å². The van der Waals surface area contributed by atoms with Crippen molar-refractivity contribution >= 4 is 34.2 Å². The molecular formula is C7H2ClF5IN. The predicted octanol–water partition coefficient (Wildman–Crippen LogP) is 4.30. The molecular weight excluding hydrogens is 355 g/mol. The summed E-state index contributed by atoms with van der Waals surface area (Å²) in [5.41, 5.74) is -2.57. The van der Waals surface area contributed by atoms with Crippen molar-refractivity contribution in [2.24, 2.45) is 0 Å². The molecule has 0 saturated carbocycles. The van der Waals surface area contributed by atoms with Crippen molar-refractivity contribution in [2.45, 2.75) is 12.6 Å². The molecule has 0 saturated heterocycles. The van der Waals surface area contributed by atoms with E-state index in [0.29, 0.717) is 6.20 Å². The summed E-state index contributed by atoms with van der Waals surface area (Å²) in [5, 5.41) is -0.438. The Morgan fingerprint density at radius 1 is 1.33 bits per heavy atom. The Balaban J connectivity index is 3.49. The van der Waals surface area contributed by atoms with Crippen molar-refractivity contribution in [3.05, 3.63) is 26.0 Å². The van der Waals surface area contributed by atoms with Gasteiger partial charge in [-0.3, -0.25) is 0 Å². The Bertz CT molecular complexity index is 378. The zero-order chi connectivity index (χ0) is 11.8. The lowest BCUT2D eigenvalue weighted by Crippen LogP contribution is -2.13. The van der Waals surface area contributed by atoms with Crippen LogP contribution in [0.4, 0.5) is 22.0 Å². The molecule has 0 fully saturated rings. The molecule has 0 radical (unpaired) electrons. The first-order valence-corrected chi connectivity index (χ1v) is 4.90. The Labute approximate surface area is 99.8 Å². The number of nitrogens with zero attached hydrogens (tertiary/aromatic N) is 1. The number of halogens is 7. The molecule has 0 unspecified atom stereocenters. The molecule has 0 amide bonds. The van der Waals surface area contributed by atoms with Crippen molar-refractivity contribution in [3.63, 3.8) is 0 Å². The number of rotatable bonds is 1. The van der Waals surface area contributed by atoms with Crippen LogP contribution in [0.1, 0.15) is 17.6 Å². The lowest BCUT2D eigenvalue weighted by Gasteiger charge is -2.14. The minimum atomic E-state index is -4.87. The monoisotopic (exact) mass is 357 g/mol. The van der Waals surface area contributed by atoms with E-state index in [1.54, 1.807) is 0 Å². The van der Waals surface area contributed by atoms with E-state index in [0.717, 1.165) is 0 Å². The molecule has 1 nitrogen and oxygen atoms in total. The molecule has 0 atom stereocenters. The van der Waals surface area contributed by atoms with Gasteiger partial charge in [0, 0.05) is 11.8 Å². The van der Waals surface area contributed by atoms with Crippen LogP contribution in [-0.4, -0.2) is 4.98 Å². The smallest absolute Gasteiger partial charge is 0.243 e. The highest BCUT2D eigenvalue weighted by molar-refractivity contribution is 14.1. The fourth-order valence-electron chi connectivity index (χ4n) is 0.931. The minimum absolute atomic E-state index is 0.438. The van der Waals surface area contributed by atoms with Crippen LogP contribution < -0.4 is 0 Å². The van der Waals surface area contributed by atoms with Gasteiger partial charge in [0.25, 0.3) is 6.43 Å². The summed E-state index contributed by atoms with van der Waals surface area (Å²) in [4.78, 5) is 3.25. The summed E-state index contributed by atoms with van der Waals surface area (Å²) < 4.78 is 61.3. The quantitative estimate of drug-likeness (QED) is 0.415. The van der Waals surface area contributed by atoms with E-state index in [2.05, 4.69) is 4.98 Å². The standard InChI is InChI=1S/C7H2ClF5IN/c8-5-4(14)3(7(11,12)13)2(1-15-5)6(9)10/h1,6H. The maximum atomic E-state index is 12.4. The van der Waals surface area contributed by atoms with E-state index in [9.17, 15) is 22.0 Å². The highest BCUT2D eigenvalue weighted by Crippen LogP contribution is 2.40. The van der Waals surface area contributed by atoms with E-state index in [4.69, 9.17) is 11.6 Å². The van der Waals surface area contributed by atoms with Gasteiger partial charge >= 0.3 is 6.18 Å². The SMILES string of the molecule is FC(F)c1cnc(Cl)c(I)c1C(F)(F)F. The van der Waals surface area contributed by atoms with Crippen molar-refractivity contribution in [1.82, 2.24) is 4.98 Å². The minimum Gasteiger partial charge on any atom is -0.243 e. The number of hydrogen-bond acceptors (Lipinski definition) is 1. The van der Waals surface area contributed by atoms with Crippen LogP contribution in [0.3, 0.4) is 0 Å². The number of pyridine rings is 1. The van der Waals surface area contributed by atoms with Crippen LogP contribution >= 0.6 is 34.2 Å². The lowest BCUT2D eigenvalue weighted by atomic mass is 10.1. The molecule has 1 rings (SSSR count). The zero-order valence-electron chi connectivity index (χ0n) is 6.75. The van der Waals surface area contributed by atoms with Gasteiger partial charge in [0.15, 0.2) is 0 Å². The molecule has 1 aromatic rings. The number of hydrogen-bond donors (Lipinski definition) is 0. The fraction of sp³-hybridized carbons (Fsp3) is 0.286. The Hall–Kier alpha value is -0.180. The van der Waals surface area contributed by atoms with Gasteiger partial charge in [-0.25, -0.2) is 13.8 Å².